The van der Waals surface area contributed by atoms with E-state index in [1.165, 1.54) is 0 Å². The Morgan fingerprint density at radius 3 is 1.20 bits per heavy atom. The standard InChI is InChI=1S/C64H106N4O18/c1-41-23-25-47-43(3)53(77-55-63(47)45(41)31-33-61(11,79-55)83-85-63)75-51(71)29-27-49(69)65-35-21-39-67(57(73)81-59(5,6)7)37-19-17-15-13-14-16-18-20-38-68(58(74)82-60(8,9)10)40-22-36-66-50(70)28-30-52(72)76-54-44(4)48-26-24-42(2)46-32-34-62(12)80-56(78-54)64(46,48)86-84-62/h41-48,53-56H,13-40H2,1-12H3,(H,65,69)(H,66,70)/t41-,42-,43-,44-,45+,46+,47+,48+,53-,54-,55-,56-,61-,62-,63-,64-/m1/s1. The second kappa shape index (κ2) is 28.9. The molecule has 22 nitrogen and oxygen atoms in total. The molecule has 0 aromatic rings. The maximum absolute atomic E-state index is 13.2. The number of carbonyl (C=O) groups excluding carboxylic acids is 6. The van der Waals surface area contributed by atoms with Crippen LogP contribution >= 0.6 is 0 Å². The average Bonchev–Trinajstić information content (AvgIpc) is 1.34. The highest BCUT2D eigenvalue weighted by atomic mass is 17.3. The van der Waals surface area contributed by atoms with Crippen molar-refractivity contribution in [2.75, 3.05) is 39.3 Å². The van der Waals surface area contributed by atoms with Crippen molar-refractivity contribution in [3.8, 4) is 0 Å². The first-order valence-electron chi connectivity index (χ1n) is 32.9. The third-order valence-electron chi connectivity index (χ3n) is 19.6. The van der Waals surface area contributed by atoms with Crippen LogP contribution in [0.2, 0.25) is 0 Å². The Hall–Kier alpha value is -3.90. The number of ether oxygens (including phenoxy) is 8. The van der Waals surface area contributed by atoms with E-state index in [2.05, 4.69) is 24.5 Å². The van der Waals surface area contributed by atoms with Gasteiger partial charge in [-0.15, -0.1) is 0 Å². The summed E-state index contributed by atoms with van der Waals surface area (Å²) in [4.78, 5) is 106. The van der Waals surface area contributed by atoms with Gasteiger partial charge in [-0.1, -0.05) is 66.2 Å². The number of amides is 4. The quantitative estimate of drug-likeness (QED) is 0.0336. The molecule has 2 aliphatic carbocycles. The molecule has 22 heteroatoms. The number of nitrogens with one attached hydrogen (secondary N) is 2. The average molecular weight is 1220 g/mol. The highest BCUT2D eigenvalue weighted by Gasteiger charge is 2.71. The molecule has 86 heavy (non-hydrogen) atoms. The summed E-state index contributed by atoms with van der Waals surface area (Å²) in [7, 11) is 0. The van der Waals surface area contributed by atoms with Gasteiger partial charge in [0.15, 0.2) is 23.8 Å². The first-order valence-corrected chi connectivity index (χ1v) is 32.9. The highest BCUT2D eigenvalue weighted by Crippen LogP contribution is 2.62. The summed E-state index contributed by atoms with van der Waals surface area (Å²) >= 11 is 0. The van der Waals surface area contributed by atoms with Crippen LogP contribution in [0.15, 0.2) is 0 Å². The second-order valence-electron chi connectivity index (χ2n) is 28.7. The Bertz CT molecular complexity index is 2160. The molecule has 2 saturated carbocycles. The van der Waals surface area contributed by atoms with E-state index in [1.807, 2.05) is 69.2 Å². The minimum atomic E-state index is -0.938. The van der Waals surface area contributed by atoms with Crippen molar-refractivity contribution in [3.05, 3.63) is 0 Å². The van der Waals surface area contributed by atoms with Crippen LogP contribution in [0.4, 0.5) is 9.59 Å². The molecule has 0 aromatic heterocycles. The Kier molecular flexibility index (Phi) is 22.9. The van der Waals surface area contributed by atoms with Gasteiger partial charge in [0.25, 0.3) is 0 Å². The number of fused-ring (bicyclic) bond motifs is 4. The number of carbonyl (C=O) groups is 6. The van der Waals surface area contributed by atoms with Crippen LogP contribution in [0.25, 0.3) is 0 Å². The predicted molar refractivity (Wildman–Crippen MR) is 312 cm³/mol. The number of esters is 2. The number of hydrogen-bond acceptors (Lipinski definition) is 18. The van der Waals surface area contributed by atoms with Crippen LogP contribution < -0.4 is 10.6 Å². The first kappa shape index (κ1) is 68.0. The molecule has 4 bridgehead atoms. The molecule has 8 aliphatic heterocycles. The molecular formula is C64H106N4O18. The third-order valence-corrected chi connectivity index (χ3v) is 19.6. The normalized spacial score (nSPS) is 35.2. The largest absolute Gasteiger partial charge is 0.444 e. The fraction of sp³-hybridized carbons (Fsp3) is 0.906. The number of hydrogen-bond donors (Lipinski definition) is 2. The Morgan fingerprint density at radius 1 is 0.465 bits per heavy atom. The van der Waals surface area contributed by atoms with Gasteiger partial charge >= 0.3 is 24.1 Å². The number of unbranched alkanes of at least 4 members (excludes halogenated alkanes) is 7. The van der Waals surface area contributed by atoms with Crippen LogP contribution in [0, 0.1) is 47.3 Å². The fourth-order valence-electron chi connectivity index (χ4n) is 14.9. The molecule has 8 heterocycles. The maximum atomic E-state index is 13.2. The van der Waals surface area contributed by atoms with E-state index in [0.29, 0.717) is 76.8 Å². The van der Waals surface area contributed by atoms with Gasteiger partial charge < -0.3 is 58.3 Å². The van der Waals surface area contributed by atoms with Gasteiger partial charge in [0.2, 0.25) is 36.0 Å². The van der Waals surface area contributed by atoms with E-state index < -0.39 is 71.1 Å². The summed E-state index contributed by atoms with van der Waals surface area (Å²) in [5.41, 5.74) is -2.84. The summed E-state index contributed by atoms with van der Waals surface area (Å²) in [6.45, 7) is 25.8. The summed E-state index contributed by atoms with van der Waals surface area (Å²) < 4.78 is 48.7. The van der Waals surface area contributed by atoms with E-state index in [0.717, 1.165) is 89.9 Å². The molecule has 16 atom stereocenters. The van der Waals surface area contributed by atoms with Crippen LogP contribution in [0.3, 0.4) is 0 Å². The number of nitrogens with zero attached hydrogens (tertiary/aromatic N) is 2. The minimum Gasteiger partial charge on any atom is -0.444 e. The molecule has 4 amide bonds. The van der Waals surface area contributed by atoms with Gasteiger partial charge in [-0.3, -0.25) is 19.2 Å². The van der Waals surface area contributed by atoms with Crippen LogP contribution in [0.1, 0.15) is 224 Å². The topological polar surface area (TPSA) is 244 Å². The third kappa shape index (κ3) is 16.7. The van der Waals surface area contributed by atoms with Crippen molar-refractivity contribution in [2.24, 2.45) is 47.3 Å². The monoisotopic (exact) mass is 1220 g/mol. The zero-order chi connectivity index (χ0) is 62.2. The molecule has 2 N–H and O–H groups in total. The predicted octanol–water partition coefficient (Wildman–Crippen LogP) is 10.7. The lowest BCUT2D eigenvalue weighted by atomic mass is 9.58. The van der Waals surface area contributed by atoms with Gasteiger partial charge in [-0.05, 0) is 143 Å². The highest BCUT2D eigenvalue weighted by molar-refractivity contribution is 5.82. The molecule has 0 aromatic carbocycles. The van der Waals surface area contributed by atoms with Crippen LogP contribution in [0.5, 0.6) is 0 Å². The van der Waals surface area contributed by atoms with E-state index in [-0.39, 0.29) is 85.2 Å². The Labute approximate surface area is 510 Å². The molecule has 0 radical (unpaired) electrons. The molecular weight excluding hydrogens is 1110 g/mol. The molecule has 10 fully saturated rings. The van der Waals surface area contributed by atoms with Crippen LogP contribution in [-0.2, 0) is 76.6 Å². The lowest BCUT2D eigenvalue weighted by molar-refractivity contribution is -0.576. The van der Waals surface area contributed by atoms with Gasteiger partial charge in [-0.25, -0.2) is 29.1 Å². The molecule has 490 valence electrons. The molecule has 2 spiro atoms. The van der Waals surface area contributed by atoms with Crippen molar-refractivity contribution < 1.29 is 86.2 Å². The molecule has 0 unspecified atom stereocenters. The van der Waals surface area contributed by atoms with Crippen molar-refractivity contribution >= 4 is 35.9 Å². The Balaban J connectivity index is 0.669. The van der Waals surface area contributed by atoms with Gasteiger partial charge in [-0.2, -0.15) is 0 Å². The van der Waals surface area contributed by atoms with Crippen molar-refractivity contribution in [2.45, 2.75) is 283 Å². The first-order chi connectivity index (χ1) is 40.6. The summed E-state index contributed by atoms with van der Waals surface area (Å²) in [6, 6.07) is 0. The fourth-order valence-corrected chi connectivity index (χ4v) is 14.9. The van der Waals surface area contributed by atoms with E-state index in [9.17, 15) is 28.8 Å². The molecule has 10 rings (SSSR count). The zero-order valence-corrected chi connectivity index (χ0v) is 54.0. The lowest BCUT2D eigenvalue weighted by Crippen LogP contribution is -2.70. The summed E-state index contributed by atoms with van der Waals surface area (Å²) in [5.74, 6) is -2.56. The molecule has 10 aliphatic rings. The minimum absolute atomic E-state index is 0.0132. The summed E-state index contributed by atoms with van der Waals surface area (Å²) in [6.07, 6.45) is 11.4. The molecule has 8 saturated heterocycles. The maximum Gasteiger partial charge on any atom is 0.410 e. The van der Waals surface area contributed by atoms with Crippen molar-refractivity contribution in [3.63, 3.8) is 0 Å². The van der Waals surface area contributed by atoms with E-state index in [1.54, 1.807) is 9.80 Å². The summed E-state index contributed by atoms with van der Waals surface area (Å²) in [5, 5.41) is 5.79. The van der Waals surface area contributed by atoms with Gasteiger partial charge in [0.05, 0.1) is 12.8 Å². The number of rotatable bonds is 27. The SMILES string of the molecule is C[C@H]1[C@H](OC(=O)CCC(=O)NCCCN(CCCCCCCCCCN(CCCNC(=O)CCC(=O)O[C@@H]2O[C@@H]3O[C@@]4(C)CC[C@H]5[C@H](C)CC[C@@H]([C@H]2C)[C@@]35OO4)C(=O)OC(C)(C)C)C(=O)OC(C)(C)C)O[C@@H]2O[C@@]3(C)CC[C@H]4[C@H](C)CC[C@@H]1[C@@]24OO3. The smallest absolute Gasteiger partial charge is 0.410 e. The van der Waals surface area contributed by atoms with E-state index in [4.69, 9.17) is 57.4 Å². The Morgan fingerprint density at radius 2 is 0.826 bits per heavy atom. The van der Waals surface area contributed by atoms with Gasteiger partial charge in [0, 0.05) is 88.6 Å². The van der Waals surface area contributed by atoms with Gasteiger partial charge in [0.1, 0.15) is 11.2 Å². The van der Waals surface area contributed by atoms with E-state index >= 15 is 0 Å². The second-order valence-corrected chi connectivity index (χ2v) is 28.7. The zero-order valence-electron chi connectivity index (χ0n) is 54.0. The van der Waals surface area contributed by atoms with Crippen LogP contribution in [-0.4, -0.2) is 144 Å². The van der Waals surface area contributed by atoms with Crippen molar-refractivity contribution in [1.82, 2.24) is 20.4 Å². The van der Waals surface area contributed by atoms with Crippen molar-refractivity contribution in [1.29, 1.82) is 0 Å². The lowest BCUT2D eigenvalue weighted by Gasteiger charge is -2.59.